The summed E-state index contributed by atoms with van der Waals surface area (Å²) in [6.07, 6.45) is 4.04. The van der Waals surface area contributed by atoms with Gasteiger partial charge in [0.25, 0.3) is 0 Å². The number of nitrogens with two attached hydrogens (primary N) is 1. The van der Waals surface area contributed by atoms with Crippen molar-refractivity contribution in [3.8, 4) is 0 Å². The maximum absolute atomic E-state index is 5.58. The van der Waals surface area contributed by atoms with Crippen LogP contribution in [0.1, 0.15) is 18.9 Å². The highest BCUT2D eigenvalue weighted by atomic mass is 79.9. The van der Waals surface area contributed by atoms with E-state index in [2.05, 4.69) is 27.8 Å². The van der Waals surface area contributed by atoms with Crippen LogP contribution in [0.3, 0.4) is 0 Å². The van der Waals surface area contributed by atoms with Gasteiger partial charge in [-0.25, -0.2) is 4.98 Å². The van der Waals surface area contributed by atoms with Crippen molar-refractivity contribution in [2.45, 2.75) is 19.8 Å². The van der Waals surface area contributed by atoms with Gasteiger partial charge in [-0.15, -0.1) is 0 Å². The third kappa shape index (κ3) is 3.77. The van der Waals surface area contributed by atoms with E-state index >= 15 is 0 Å². The van der Waals surface area contributed by atoms with Crippen molar-refractivity contribution in [1.82, 2.24) is 4.98 Å². The summed E-state index contributed by atoms with van der Waals surface area (Å²) < 4.78 is 0. The monoisotopic (exact) mass is 242 g/mol. The van der Waals surface area contributed by atoms with E-state index in [0.717, 1.165) is 17.7 Å². The number of pyridine rings is 1. The molecule has 0 fully saturated rings. The molecular weight excluding hydrogens is 228 g/mol. The quantitative estimate of drug-likeness (QED) is 0.825. The molecule has 0 aliphatic rings. The van der Waals surface area contributed by atoms with Gasteiger partial charge in [-0.1, -0.05) is 22.9 Å². The van der Waals surface area contributed by atoms with Crippen LogP contribution >= 0.6 is 15.9 Å². The molecule has 0 amide bonds. The van der Waals surface area contributed by atoms with E-state index in [1.165, 1.54) is 12.0 Å². The number of aryl methyl sites for hydroxylation is 1. The predicted molar refractivity (Wildman–Crippen MR) is 59.9 cm³/mol. The molecule has 3 heteroatoms. The molecule has 0 saturated carbocycles. The fourth-order valence-electron chi connectivity index (χ4n) is 1.14. The van der Waals surface area contributed by atoms with Gasteiger partial charge < -0.3 is 5.73 Å². The van der Waals surface area contributed by atoms with E-state index in [-0.39, 0.29) is 0 Å². The molecule has 72 valence electrons. The molecule has 2 N–H and O–H groups in total. The second-order valence-corrected chi connectivity index (χ2v) is 4.03. The van der Waals surface area contributed by atoms with Crippen molar-refractivity contribution in [2.75, 3.05) is 11.1 Å². The lowest BCUT2D eigenvalue weighted by Gasteiger charge is -2.06. The minimum absolute atomic E-state index is 0.615. The lowest BCUT2D eigenvalue weighted by atomic mass is 10.0. The normalized spacial score (nSPS) is 12.8. The van der Waals surface area contributed by atoms with Gasteiger partial charge >= 0.3 is 0 Å². The Morgan fingerprint density at radius 1 is 1.62 bits per heavy atom. The Bertz CT molecular complexity index is 263. The van der Waals surface area contributed by atoms with E-state index < -0.39 is 0 Å². The van der Waals surface area contributed by atoms with E-state index in [1.807, 2.05) is 12.1 Å². The number of alkyl halides is 1. The number of hydrogen-bond donors (Lipinski definition) is 1. The third-order valence-corrected chi connectivity index (χ3v) is 3.14. The SMILES string of the molecule is CC(CBr)CCc1ccnc(N)c1. The molecule has 1 atom stereocenters. The maximum atomic E-state index is 5.58. The predicted octanol–water partition coefficient (Wildman–Crippen LogP) is 2.63. The van der Waals surface area contributed by atoms with Gasteiger partial charge in [0.2, 0.25) is 0 Å². The summed E-state index contributed by atoms with van der Waals surface area (Å²) in [4.78, 5) is 3.96. The average molecular weight is 243 g/mol. The number of rotatable bonds is 4. The van der Waals surface area contributed by atoms with Gasteiger partial charge in [0.1, 0.15) is 5.82 Å². The Balaban J connectivity index is 2.45. The molecule has 0 saturated heterocycles. The summed E-state index contributed by atoms with van der Waals surface area (Å²) in [7, 11) is 0. The molecule has 1 rings (SSSR count). The van der Waals surface area contributed by atoms with Crippen LogP contribution in [-0.2, 0) is 6.42 Å². The summed E-state index contributed by atoms with van der Waals surface area (Å²) in [5.41, 5.74) is 6.86. The van der Waals surface area contributed by atoms with Crippen LogP contribution in [-0.4, -0.2) is 10.3 Å². The van der Waals surface area contributed by atoms with Crippen LogP contribution in [0, 0.1) is 5.92 Å². The molecule has 1 heterocycles. The second kappa shape index (κ2) is 5.22. The number of aromatic nitrogens is 1. The van der Waals surface area contributed by atoms with Crippen LogP contribution in [0.5, 0.6) is 0 Å². The molecular formula is C10H15BrN2. The lowest BCUT2D eigenvalue weighted by Crippen LogP contribution is -1.99. The highest BCUT2D eigenvalue weighted by molar-refractivity contribution is 9.09. The number of halogens is 1. The van der Waals surface area contributed by atoms with Crippen LogP contribution in [0.4, 0.5) is 5.82 Å². The second-order valence-electron chi connectivity index (χ2n) is 3.39. The first-order valence-electron chi connectivity index (χ1n) is 4.48. The summed E-state index contributed by atoms with van der Waals surface area (Å²) in [6.45, 7) is 2.24. The fourth-order valence-corrected chi connectivity index (χ4v) is 1.46. The van der Waals surface area contributed by atoms with E-state index in [1.54, 1.807) is 6.20 Å². The highest BCUT2D eigenvalue weighted by Gasteiger charge is 2.00. The summed E-state index contributed by atoms with van der Waals surface area (Å²) >= 11 is 3.47. The standard InChI is InChI=1S/C10H15BrN2/c1-8(7-11)2-3-9-4-5-13-10(12)6-9/h4-6,8H,2-3,7H2,1H3,(H2,12,13). The molecule has 0 aliphatic heterocycles. The van der Waals surface area contributed by atoms with Crippen molar-refractivity contribution in [3.63, 3.8) is 0 Å². The van der Waals surface area contributed by atoms with Gasteiger partial charge in [0.05, 0.1) is 0 Å². The molecule has 1 aromatic rings. The van der Waals surface area contributed by atoms with Gasteiger partial charge in [-0.05, 0) is 36.5 Å². The van der Waals surface area contributed by atoms with Gasteiger partial charge in [0, 0.05) is 11.5 Å². The lowest BCUT2D eigenvalue weighted by molar-refractivity contribution is 0.599. The minimum Gasteiger partial charge on any atom is -0.384 e. The average Bonchev–Trinajstić information content (AvgIpc) is 2.14. The first-order chi connectivity index (χ1) is 6.22. The van der Waals surface area contributed by atoms with Crippen molar-refractivity contribution in [2.24, 2.45) is 5.92 Å². The van der Waals surface area contributed by atoms with Gasteiger partial charge in [-0.2, -0.15) is 0 Å². The van der Waals surface area contributed by atoms with Crippen LogP contribution in [0.2, 0.25) is 0 Å². The Morgan fingerprint density at radius 3 is 3.00 bits per heavy atom. The molecule has 0 aromatic carbocycles. The highest BCUT2D eigenvalue weighted by Crippen LogP contribution is 2.12. The zero-order valence-corrected chi connectivity index (χ0v) is 9.42. The van der Waals surface area contributed by atoms with E-state index in [4.69, 9.17) is 5.73 Å². The summed E-state index contributed by atoms with van der Waals surface area (Å²) in [5.74, 6) is 1.33. The Labute approximate surface area is 87.7 Å². The zero-order valence-electron chi connectivity index (χ0n) is 7.83. The van der Waals surface area contributed by atoms with Crippen LogP contribution in [0.15, 0.2) is 18.3 Å². The van der Waals surface area contributed by atoms with Crippen molar-refractivity contribution in [3.05, 3.63) is 23.9 Å². The van der Waals surface area contributed by atoms with Crippen molar-refractivity contribution < 1.29 is 0 Å². The third-order valence-electron chi connectivity index (χ3n) is 2.03. The van der Waals surface area contributed by atoms with Gasteiger partial charge in [-0.3, -0.25) is 0 Å². The smallest absolute Gasteiger partial charge is 0.123 e. The Morgan fingerprint density at radius 2 is 2.38 bits per heavy atom. The first kappa shape index (κ1) is 10.5. The number of nitrogen functional groups attached to an aromatic ring is 1. The molecule has 0 spiro atoms. The molecule has 0 bridgehead atoms. The topological polar surface area (TPSA) is 38.9 Å². The Hall–Kier alpha value is -0.570. The van der Waals surface area contributed by atoms with Crippen LogP contribution in [0.25, 0.3) is 0 Å². The number of nitrogens with zero attached hydrogens (tertiary/aromatic N) is 1. The Kier molecular flexibility index (Phi) is 4.22. The molecule has 13 heavy (non-hydrogen) atoms. The van der Waals surface area contributed by atoms with Gasteiger partial charge in [0.15, 0.2) is 0 Å². The maximum Gasteiger partial charge on any atom is 0.123 e. The molecule has 0 aliphatic carbocycles. The fraction of sp³-hybridized carbons (Fsp3) is 0.500. The summed E-state index contributed by atoms with van der Waals surface area (Å²) in [6, 6.07) is 3.97. The molecule has 1 aromatic heterocycles. The van der Waals surface area contributed by atoms with Crippen molar-refractivity contribution in [1.29, 1.82) is 0 Å². The summed E-state index contributed by atoms with van der Waals surface area (Å²) in [5, 5.41) is 1.06. The number of anilines is 1. The molecule has 1 unspecified atom stereocenters. The largest absolute Gasteiger partial charge is 0.384 e. The zero-order chi connectivity index (χ0) is 9.68. The minimum atomic E-state index is 0.615. The molecule has 0 radical (unpaired) electrons. The van der Waals surface area contributed by atoms with Crippen LogP contribution < -0.4 is 5.73 Å². The number of hydrogen-bond acceptors (Lipinski definition) is 2. The first-order valence-corrected chi connectivity index (χ1v) is 5.61. The van der Waals surface area contributed by atoms with E-state index in [0.29, 0.717) is 5.82 Å². The van der Waals surface area contributed by atoms with Crippen molar-refractivity contribution >= 4 is 21.7 Å². The molecule has 2 nitrogen and oxygen atoms in total. The van der Waals surface area contributed by atoms with E-state index in [9.17, 15) is 0 Å².